The molecule has 146 valence electrons. The Labute approximate surface area is 160 Å². The summed E-state index contributed by atoms with van der Waals surface area (Å²) in [6, 6.07) is 5.42. The Bertz CT molecular complexity index is 701. The molecule has 3 rings (SSSR count). The zero-order valence-electron chi connectivity index (χ0n) is 16.3. The molecule has 0 saturated carbocycles. The molecule has 0 aliphatic carbocycles. The van der Waals surface area contributed by atoms with E-state index < -0.39 is 0 Å². The number of rotatable bonds is 5. The van der Waals surface area contributed by atoms with Crippen molar-refractivity contribution in [1.82, 2.24) is 9.80 Å². The van der Waals surface area contributed by atoms with Crippen LogP contribution in [0.15, 0.2) is 30.4 Å². The quantitative estimate of drug-likeness (QED) is 0.746. The summed E-state index contributed by atoms with van der Waals surface area (Å²) in [7, 11) is 3.13. The van der Waals surface area contributed by atoms with Crippen molar-refractivity contribution in [1.29, 1.82) is 0 Å². The number of amides is 2. The largest absolute Gasteiger partial charge is 0.497 e. The van der Waals surface area contributed by atoms with Gasteiger partial charge in [0.1, 0.15) is 11.5 Å². The standard InChI is InChI=1S/C21H28N2O4/c1-4-17-6-5-9-23(17)21(25)15-7-10-22(11-8-15)20(24)16-12-18(26-2)14-19(13-16)27-3/h5-6,12-15,17H,4,7-11H2,1-3H3/t17-/m0/s1. The van der Waals surface area contributed by atoms with Crippen LogP contribution in [0.1, 0.15) is 36.5 Å². The number of piperidine rings is 1. The van der Waals surface area contributed by atoms with Crippen LogP contribution in [0.25, 0.3) is 0 Å². The van der Waals surface area contributed by atoms with E-state index in [2.05, 4.69) is 19.1 Å². The number of methoxy groups -OCH3 is 2. The highest BCUT2D eigenvalue weighted by molar-refractivity contribution is 5.95. The molecule has 6 nitrogen and oxygen atoms in total. The van der Waals surface area contributed by atoms with Gasteiger partial charge in [0.05, 0.1) is 20.3 Å². The van der Waals surface area contributed by atoms with Gasteiger partial charge in [0.15, 0.2) is 0 Å². The fourth-order valence-corrected chi connectivity index (χ4v) is 3.86. The Balaban J connectivity index is 1.62. The van der Waals surface area contributed by atoms with Gasteiger partial charge in [-0.1, -0.05) is 19.1 Å². The highest BCUT2D eigenvalue weighted by atomic mass is 16.5. The van der Waals surface area contributed by atoms with Crippen LogP contribution in [-0.4, -0.2) is 61.5 Å². The molecule has 1 aromatic rings. The topological polar surface area (TPSA) is 59.1 Å². The second kappa shape index (κ2) is 8.46. The van der Waals surface area contributed by atoms with Gasteiger partial charge in [0.2, 0.25) is 5.91 Å². The molecule has 0 aromatic heterocycles. The van der Waals surface area contributed by atoms with Gasteiger partial charge in [-0.05, 0) is 31.4 Å². The lowest BCUT2D eigenvalue weighted by Gasteiger charge is -2.35. The maximum Gasteiger partial charge on any atom is 0.254 e. The number of carbonyl (C=O) groups is 2. The van der Waals surface area contributed by atoms with Gasteiger partial charge >= 0.3 is 0 Å². The van der Waals surface area contributed by atoms with Crippen LogP contribution in [0.5, 0.6) is 11.5 Å². The third kappa shape index (κ3) is 4.10. The fourth-order valence-electron chi connectivity index (χ4n) is 3.86. The molecule has 6 heteroatoms. The summed E-state index contributed by atoms with van der Waals surface area (Å²) in [5, 5.41) is 0. The summed E-state index contributed by atoms with van der Waals surface area (Å²) in [4.78, 5) is 29.5. The molecule has 1 saturated heterocycles. The maximum absolute atomic E-state index is 12.9. The number of benzene rings is 1. The van der Waals surface area contributed by atoms with E-state index in [0.717, 1.165) is 6.42 Å². The number of hydrogen-bond donors (Lipinski definition) is 0. The molecule has 0 unspecified atom stereocenters. The number of ether oxygens (including phenoxy) is 2. The van der Waals surface area contributed by atoms with Crippen LogP contribution in [0, 0.1) is 5.92 Å². The van der Waals surface area contributed by atoms with E-state index >= 15 is 0 Å². The zero-order chi connectivity index (χ0) is 19.4. The number of nitrogens with zero attached hydrogens (tertiary/aromatic N) is 2. The van der Waals surface area contributed by atoms with Crippen LogP contribution in [0.4, 0.5) is 0 Å². The molecule has 1 aromatic carbocycles. The van der Waals surface area contributed by atoms with Crippen LogP contribution in [0.2, 0.25) is 0 Å². The minimum Gasteiger partial charge on any atom is -0.497 e. The first kappa shape index (κ1) is 19.3. The molecule has 0 N–H and O–H groups in total. The summed E-state index contributed by atoms with van der Waals surface area (Å²) in [6.07, 6.45) is 6.54. The Morgan fingerprint density at radius 3 is 2.26 bits per heavy atom. The summed E-state index contributed by atoms with van der Waals surface area (Å²) in [5.74, 6) is 1.36. The molecule has 2 aliphatic heterocycles. The van der Waals surface area contributed by atoms with Crippen molar-refractivity contribution in [2.45, 2.75) is 32.2 Å². The Morgan fingerprint density at radius 2 is 1.70 bits per heavy atom. The van der Waals surface area contributed by atoms with E-state index in [1.807, 2.05) is 9.80 Å². The Kier molecular flexibility index (Phi) is 6.04. The molecular formula is C21H28N2O4. The van der Waals surface area contributed by atoms with Gasteiger partial charge in [-0.25, -0.2) is 0 Å². The molecule has 0 bridgehead atoms. The fraction of sp³-hybridized carbons (Fsp3) is 0.524. The van der Waals surface area contributed by atoms with Crippen molar-refractivity contribution in [3.63, 3.8) is 0 Å². The van der Waals surface area contributed by atoms with Crippen LogP contribution in [-0.2, 0) is 4.79 Å². The Morgan fingerprint density at radius 1 is 1.07 bits per heavy atom. The molecular weight excluding hydrogens is 344 g/mol. The first-order valence-electron chi connectivity index (χ1n) is 9.56. The maximum atomic E-state index is 12.9. The van der Waals surface area contributed by atoms with Gasteiger partial charge in [-0.3, -0.25) is 9.59 Å². The number of hydrogen-bond acceptors (Lipinski definition) is 4. The van der Waals surface area contributed by atoms with Crippen LogP contribution < -0.4 is 9.47 Å². The molecule has 0 radical (unpaired) electrons. The summed E-state index contributed by atoms with van der Waals surface area (Å²) < 4.78 is 10.5. The van der Waals surface area contributed by atoms with Crippen molar-refractivity contribution in [3.8, 4) is 11.5 Å². The molecule has 2 amide bonds. The number of likely N-dealkylation sites (tertiary alicyclic amines) is 1. The Hall–Kier alpha value is -2.50. The second-order valence-corrected chi connectivity index (χ2v) is 7.06. The predicted octanol–water partition coefficient (Wildman–Crippen LogP) is 2.73. The predicted molar refractivity (Wildman–Crippen MR) is 103 cm³/mol. The lowest BCUT2D eigenvalue weighted by Crippen LogP contribution is -2.45. The van der Waals surface area contributed by atoms with E-state index in [1.54, 1.807) is 32.4 Å². The van der Waals surface area contributed by atoms with Gasteiger partial charge < -0.3 is 19.3 Å². The normalized spacial score (nSPS) is 20.0. The minimum atomic E-state index is -0.0487. The van der Waals surface area contributed by atoms with E-state index in [1.165, 1.54) is 0 Å². The highest BCUT2D eigenvalue weighted by Gasteiger charge is 2.33. The van der Waals surface area contributed by atoms with E-state index in [-0.39, 0.29) is 23.8 Å². The van der Waals surface area contributed by atoms with E-state index in [4.69, 9.17) is 9.47 Å². The molecule has 1 fully saturated rings. The van der Waals surface area contributed by atoms with Gasteiger partial charge in [0, 0.05) is 37.2 Å². The van der Waals surface area contributed by atoms with Crippen molar-refractivity contribution >= 4 is 11.8 Å². The average Bonchev–Trinajstić information content (AvgIpc) is 3.21. The monoisotopic (exact) mass is 372 g/mol. The van der Waals surface area contributed by atoms with E-state index in [9.17, 15) is 9.59 Å². The molecule has 0 spiro atoms. The van der Waals surface area contributed by atoms with Crippen molar-refractivity contribution in [2.75, 3.05) is 33.9 Å². The lowest BCUT2D eigenvalue weighted by molar-refractivity contribution is -0.137. The lowest BCUT2D eigenvalue weighted by atomic mass is 9.94. The first-order valence-corrected chi connectivity index (χ1v) is 9.56. The molecule has 2 heterocycles. The van der Waals surface area contributed by atoms with Gasteiger partial charge in [-0.15, -0.1) is 0 Å². The first-order chi connectivity index (χ1) is 13.1. The SMILES string of the molecule is CC[C@H]1C=CCN1C(=O)C1CCN(C(=O)c2cc(OC)cc(OC)c2)CC1. The third-order valence-corrected chi connectivity index (χ3v) is 5.49. The highest BCUT2D eigenvalue weighted by Crippen LogP contribution is 2.27. The van der Waals surface area contributed by atoms with Crippen molar-refractivity contribution in [3.05, 3.63) is 35.9 Å². The molecule has 27 heavy (non-hydrogen) atoms. The van der Waals surface area contributed by atoms with Gasteiger partial charge in [-0.2, -0.15) is 0 Å². The van der Waals surface area contributed by atoms with E-state index in [0.29, 0.717) is 49.5 Å². The van der Waals surface area contributed by atoms with Crippen LogP contribution >= 0.6 is 0 Å². The minimum absolute atomic E-state index is 0.00263. The van der Waals surface area contributed by atoms with Crippen molar-refractivity contribution < 1.29 is 19.1 Å². The number of carbonyl (C=O) groups excluding carboxylic acids is 2. The van der Waals surface area contributed by atoms with Crippen LogP contribution in [0.3, 0.4) is 0 Å². The van der Waals surface area contributed by atoms with Crippen molar-refractivity contribution in [2.24, 2.45) is 5.92 Å². The smallest absolute Gasteiger partial charge is 0.254 e. The molecule has 1 atom stereocenters. The zero-order valence-corrected chi connectivity index (χ0v) is 16.3. The summed E-state index contributed by atoms with van der Waals surface area (Å²) >= 11 is 0. The average molecular weight is 372 g/mol. The summed E-state index contributed by atoms with van der Waals surface area (Å²) in [6.45, 7) is 3.99. The molecule has 2 aliphatic rings. The third-order valence-electron chi connectivity index (χ3n) is 5.49. The van der Waals surface area contributed by atoms with Gasteiger partial charge in [0.25, 0.3) is 5.91 Å². The summed E-state index contributed by atoms with van der Waals surface area (Å²) in [5.41, 5.74) is 0.547. The second-order valence-electron chi connectivity index (χ2n) is 7.06.